The van der Waals surface area contributed by atoms with Crippen molar-refractivity contribution in [2.24, 2.45) is 5.92 Å². The van der Waals surface area contributed by atoms with Gasteiger partial charge < -0.3 is 5.11 Å². The van der Waals surface area contributed by atoms with Crippen LogP contribution in [-0.4, -0.2) is 42.4 Å². The molecule has 1 N–H and O–H groups in total. The molecule has 14 heavy (non-hydrogen) atoms. The van der Waals surface area contributed by atoms with Crippen molar-refractivity contribution in [2.75, 3.05) is 19.7 Å². The molecule has 1 atom stereocenters. The first-order chi connectivity index (χ1) is 6.65. The first kappa shape index (κ1) is 11.8. The van der Waals surface area contributed by atoms with E-state index in [0.717, 1.165) is 0 Å². The zero-order chi connectivity index (χ0) is 10.6. The highest BCUT2D eigenvalue weighted by Crippen LogP contribution is 2.23. The highest BCUT2D eigenvalue weighted by molar-refractivity contribution is 4.74. The third-order valence-corrected chi connectivity index (χ3v) is 2.74. The van der Waals surface area contributed by atoms with Gasteiger partial charge in [0.15, 0.2) is 0 Å². The minimum atomic E-state index is -2.91. The van der Waals surface area contributed by atoms with Crippen LogP contribution in [0.2, 0.25) is 0 Å². The average molecular weight is 211 g/mol. The molecular weight excluding hydrogens is 195 g/mol. The molecule has 0 radical (unpaired) electrons. The minimum absolute atomic E-state index is 0.124. The van der Waals surface area contributed by atoms with Crippen LogP contribution in [0.4, 0.5) is 13.2 Å². The zero-order valence-electron chi connectivity index (χ0n) is 8.00. The molecule has 2 nitrogen and oxygen atoms in total. The van der Waals surface area contributed by atoms with Gasteiger partial charge in [-0.1, -0.05) is 0 Å². The van der Waals surface area contributed by atoms with E-state index < -0.39 is 12.7 Å². The van der Waals surface area contributed by atoms with Crippen LogP contribution in [0.15, 0.2) is 0 Å². The summed E-state index contributed by atoms with van der Waals surface area (Å²) in [6.45, 7) is 0.866. The van der Waals surface area contributed by atoms with Crippen molar-refractivity contribution in [3.63, 3.8) is 0 Å². The molecule has 1 aliphatic heterocycles. The van der Waals surface area contributed by atoms with Gasteiger partial charge in [-0.3, -0.25) is 4.90 Å². The number of rotatable bonds is 4. The van der Waals surface area contributed by atoms with Crippen LogP contribution in [0, 0.1) is 5.92 Å². The van der Waals surface area contributed by atoms with Gasteiger partial charge in [-0.2, -0.15) is 0 Å². The number of likely N-dealkylation sites (tertiary alicyclic amines) is 1. The third kappa shape index (κ3) is 3.13. The highest BCUT2D eigenvalue weighted by Gasteiger charge is 2.30. The molecule has 1 unspecified atom stereocenters. The van der Waals surface area contributed by atoms with Crippen molar-refractivity contribution in [1.82, 2.24) is 4.90 Å². The van der Waals surface area contributed by atoms with E-state index in [1.54, 1.807) is 0 Å². The van der Waals surface area contributed by atoms with Crippen molar-refractivity contribution in [2.45, 2.75) is 32.0 Å². The van der Waals surface area contributed by atoms with Gasteiger partial charge in [0.2, 0.25) is 6.30 Å². The standard InChI is InChI=1S/C9H16F3NO/c10-8(11)9(12)13-4-1-7(2-5-13)3-6-14/h7-9,14H,1-6H2. The Morgan fingerprint density at radius 2 is 1.79 bits per heavy atom. The van der Waals surface area contributed by atoms with Crippen molar-refractivity contribution >= 4 is 0 Å². The molecule has 1 rings (SSSR count). The van der Waals surface area contributed by atoms with Gasteiger partial charge in [-0.05, 0) is 25.2 Å². The second-order valence-electron chi connectivity index (χ2n) is 3.70. The lowest BCUT2D eigenvalue weighted by molar-refractivity contribution is -0.0617. The molecule has 0 aromatic carbocycles. The van der Waals surface area contributed by atoms with Crippen LogP contribution < -0.4 is 0 Å². The maximum atomic E-state index is 12.9. The first-order valence-corrected chi connectivity index (χ1v) is 4.92. The van der Waals surface area contributed by atoms with E-state index in [1.165, 1.54) is 4.90 Å². The quantitative estimate of drug-likeness (QED) is 0.714. The number of nitrogens with zero attached hydrogens (tertiary/aromatic N) is 1. The second kappa shape index (κ2) is 5.56. The Bertz CT molecular complexity index is 160. The topological polar surface area (TPSA) is 23.5 Å². The van der Waals surface area contributed by atoms with E-state index in [-0.39, 0.29) is 6.61 Å². The van der Waals surface area contributed by atoms with E-state index in [2.05, 4.69) is 0 Å². The molecule has 0 aromatic rings. The maximum absolute atomic E-state index is 12.9. The summed E-state index contributed by atoms with van der Waals surface area (Å²) >= 11 is 0. The fourth-order valence-electron chi connectivity index (χ4n) is 1.83. The van der Waals surface area contributed by atoms with E-state index in [4.69, 9.17) is 5.11 Å². The smallest absolute Gasteiger partial charge is 0.282 e. The Kier molecular flexibility index (Phi) is 4.68. The summed E-state index contributed by atoms with van der Waals surface area (Å²) in [4.78, 5) is 1.18. The largest absolute Gasteiger partial charge is 0.396 e. The summed E-state index contributed by atoms with van der Waals surface area (Å²) in [5.74, 6) is 0.362. The molecular formula is C9H16F3NO. The Hall–Kier alpha value is -0.290. The summed E-state index contributed by atoms with van der Waals surface area (Å²) < 4.78 is 36.9. The molecule has 1 fully saturated rings. The van der Waals surface area contributed by atoms with E-state index in [9.17, 15) is 13.2 Å². The first-order valence-electron chi connectivity index (χ1n) is 4.92. The van der Waals surface area contributed by atoms with Crippen molar-refractivity contribution < 1.29 is 18.3 Å². The van der Waals surface area contributed by atoms with Crippen LogP contribution in [0.25, 0.3) is 0 Å². The van der Waals surface area contributed by atoms with Gasteiger partial charge in [0.1, 0.15) is 0 Å². The summed E-state index contributed by atoms with van der Waals surface area (Å²) in [5, 5.41) is 8.67. The highest BCUT2D eigenvalue weighted by atomic mass is 19.3. The molecule has 0 bridgehead atoms. The molecule has 1 heterocycles. The number of hydrogen-bond acceptors (Lipinski definition) is 2. The lowest BCUT2D eigenvalue weighted by atomic mass is 9.94. The fraction of sp³-hybridized carbons (Fsp3) is 1.00. The van der Waals surface area contributed by atoms with Crippen LogP contribution in [-0.2, 0) is 0 Å². The Morgan fingerprint density at radius 3 is 2.21 bits per heavy atom. The normalized spacial score (nSPS) is 22.9. The van der Waals surface area contributed by atoms with Gasteiger partial charge >= 0.3 is 0 Å². The van der Waals surface area contributed by atoms with Gasteiger partial charge in [-0.25, -0.2) is 13.2 Å². The summed E-state index contributed by atoms with van der Waals surface area (Å²) in [7, 11) is 0. The van der Waals surface area contributed by atoms with E-state index in [1.807, 2.05) is 0 Å². The molecule has 0 amide bonds. The number of halogens is 3. The summed E-state index contributed by atoms with van der Waals surface area (Å²) in [5.41, 5.74) is 0. The third-order valence-electron chi connectivity index (χ3n) is 2.74. The van der Waals surface area contributed by atoms with Gasteiger partial charge in [0, 0.05) is 19.7 Å². The lowest BCUT2D eigenvalue weighted by Crippen LogP contribution is -2.42. The maximum Gasteiger partial charge on any atom is 0.282 e. The number of alkyl halides is 3. The number of aliphatic hydroxyl groups excluding tert-OH is 1. The average Bonchev–Trinajstić information content (AvgIpc) is 2.18. The van der Waals surface area contributed by atoms with Crippen molar-refractivity contribution in [3.05, 3.63) is 0 Å². The molecule has 84 valence electrons. The number of hydrogen-bond donors (Lipinski definition) is 1. The predicted molar refractivity (Wildman–Crippen MR) is 46.9 cm³/mol. The summed E-state index contributed by atoms with van der Waals surface area (Å²) in [6.07, 6.45) is -2.93. The van der Waals surface area contributed by atoms with Crippen molar-refractivity contribution in [1.29, 1.82) is 0 Å². The van der Waals surface area contributed by atoms with E-state index >= 15 is 0 Å². The molecule has 5 heteroatoms. The molecule has 1 aliphatic rings. The molecule has 0 spiro atoms. The number of aliphatic hydroxyl groups is 1. The van der Waals surface area contributed by atoms with E-state index in [0.29, 0.717) is 38.3 Å². The Labute approximate surface area is 81.7 Å². The van der Waals surface area contributed by atoms with Crippen LogP contribution in [0.5, 0.6) is 0 Å². The SMILES string of the molecule is OCCC1CCN(C(F)C(F)F)CC1. The predicted octanol–water partition coefficient (Wildman–Crippen LogP) is 1.64. The van der Waals surface area contributed by atoms with Gasteiger partial charge in [0.25, 0.3) is 6.43 Å². The molecule has 0 aromatic heterocycles. The molecule has 0 aliphatic carbocycles. The number of piperidine rings is 1. The van der Waals surface area contributed by atoms with Crippen LogP contribution >= 0.6 is 0 Å². The van der Waals surface area contributed by atoms with Gasteiger partial charge in [0.05, 0.1) is 0 Å². The Balaban J connectivity index is 2.28. The fourth-order valence-corrected chi connectivity index (χ4v) is 1.83. The van der Waals surface area contributed by atoms with Crippen LogP contribution in [0.3, 0.4) is 0 Å². The molecule has 1 saturated heterocycles. The zero-order valence-corrected chi connectivity index (χ0v) is 8.00. The monoisotopic (exact) mass is 211 g/mol. The Morgan fingerprint density at radius 1 is 1.21 bits per heavy atom. The molecule has 0 saturated carbocycles. The summed E-state index contributed by atoms with van der Waals surface area (Å²) in [6, 6.07) is 0. The van der Waals surface area contributed by atoms with Crippen molar-refractivity contribution in [3.8, 4) is 0 Å². The minimum Gasteiger partial charge on any atom is -0.396 e. The second-order valence-corrected chi connectivity index (χ2v) is 3.70. The van der Waals surface area contributed by atoms with Crippen LogP contribution in [0.1, 0.15) is 19.3 Å². The van der Waals surface area contributed by atoms with Gasteiger partial charge in [-0.15, -0.1) is 0 Å². The lowest BCUT2D eigenvalue weighted by Gasteiger charge is -2.33.